The zero-order valence-electron chi connectivity index (χ0n) is 8.37. The Morgan fingerprint density at radius 1 is 1.33 bits per heavy atom. The summed E-state index contributed by atoms with van der Waals surface area (Å²) in [6.07, 6.45) is 3.29. The second-order valence-corrected chi connectivity index (χ2v) is 3.41. The van der Waals surface area contributed by atoms with Crippen molar-refractivity contribution in [2.24, 2.45) is 0 Å². The molecule has 3 heteroatoms. The average molecular weight is 206 g/mol. The quantitative estimate of drug-likeness (QED) is 0.813. The summed E-state index contributed by atoms with van der Waals surface area (Å²) in [5, 5.41) is 8.84. The van der Waals surface area contributed by atoms with Gasteiger partial charge in [0, 0.05) is 0 Å². The lowest BCUT2D eigenvalue weighted by Crippen LogP contribution is -2.15. The summed E-state index contributed by atoms with van der Waals surface area (Å²) in [6.45, 7) is 0.468. The molecule has 15 heavy (non-hydrogen) atoms. The summed E-state index contributed by atoms with van der Waals surface area (Å²) >= 11 is 0. The van der Waals surface area contributed by atoms with Crippen LogP contribution in [0.1, 0.15) is 5.56 Å². The van der Waals surface area contributed by atoms with E-state index in [4.69, 9.17) is 14.6 Å². The Labute approximate surface area is 88.9 Å². The fourth-order valence-corrected chi connectivity index (χ4v) is 1.42. The topological polar surface area (TPSA) is 38.7 Å². The summed E-state index contributed by atoms with van der Waals surface area (Å²) in [5.41, 5.74) is 1.11. The number of rotatable bonds is 3. The Kier molecular flexibility index (Phi) is 3.50. The van der Waals surface area contributed by atoms with Gasteiger partial charge < -0.3 is 14.6 Å². The van der Waals surface area contributed by atoms with Crippen LogP contribution in [-0.2, 0) is 9.47 Å². The van der Waals surface area contributed by atoms with Gasteiger partial charge in [-0.2, -0.15) is 0 Å². The molecule has 1 saturated heterocycles. The standard InChI is InChI=1S/C12H14O3/c13-8-11-9-14-12(15-11)7-6-10-4-2-1-3-5-10/h1-7,11-13H,8-9H2/b7-6+. The molecule has 1 aliphatic rings. The van der Waals surface area contributed by atoms with Crippen molar-refractivity contribution in [2.45, 2.75) is 12.4 Å². The van der Waals surface area contributed by atoms with Crippen LogP contribution < -0.4 is 0 Å². The summed E-state index contributed by atoms with van der Waals surface area (Å²) in [6, 6.07) is 9.95. The van der Waals surface area contributed by atoms with Crippen LogP contribution >= 0.6 is 0 Å². The van der Waals surface area contributed by atoms with Crippen LogP contribution in [0.15, 0.2) is 36.4 Å². The smallest absolute Gasteiger partial charge is 0.177 e. The van der Waals surface area contributed by atoms with Crippen LogP contribution in [0.2, 0.25) is 0 Å². The van der Waals surface area contributed by atoms with Crippen molar-refractivity contribution in [3.63, 3.8) is 0 Å². The molecule has 0 saturated carbocycles. The van der Waals surface area contributed by atoms with Crippen molar-refractivity contribution in [3.05, 3.63) is 42.0 Å². The van der Waals surface area contributed by atoms with E-state index in [-0.39, 0.29) is 19.0 Å². The number of aliphatic hydroxyl groups is 1. The van der Waals surface area contributed by atoms with Crippen molar-refractivity contribution in [1.29, 1.82) is 0 Å². The van der Waals surface area contributed by atoms with Crippen LogP contribution in [0.5, 0.6) is 0 Å². The Balaban J connectivity index is 1.90. The van der Waals surface area contributed by atoms with Crippen LogP contribution in [0.3, 0.4) is 0 Å². The van der Waals surface area contributed by atoms with Crippen LogP contribution in [0.25, 0.3) is 6.08 Å². The predicted octanol–water partition coefficient (Wildman–Crippen LogP) is 1.43. The third kappa shape index (κ3) is 2.89. The summed E-state index contributed by atoms with van der Waals surface area (Å²) in [4.78, 5) is 0. The van der Waals surface area contributed by atoms with Crippen molar-refractivity contribution >= 4 is 6.08 Å². The maximum atomic E-state index is 8.84. The van der Waals surface area contributed by atoms with Gasteiger partial charge in [0.2, 0.25) is 0 Å². The highest BCUT2D eigenvalue weighted by atomic mass is 16.7. The number of ether oxygens (including phenoxy) is 2. The van der Waals surface area contributed by atoms with Crippen molar-refractivity contribution in [3.8, 4) is 0 Å². The molecule has 0 aliphatic carbocycles. The van der Waals surface area contributed by atoms with Gasteiger partial charge in [0.05, 0.1) is 13.2 Å². The van der Waals surface area contributed by atoms with E-state index in [1.807, 2.05) is 42.5 Å². The molecule has 2 unspecified atom stereocenters. The van der Waals surface area contributed by atoms with Gasteiger partial charge in [-0.3, -0.25) is 0 Å². The molecule has 0 radical (unpaired) electrons. The van der Waals surface area contributed by atoms with E-state index >= 15 is 0 Å². The van der Waals surface area contributed by atoms with Gasteiger partial charge in [-0.25, -0.2) is 0 Å². The van der Waals surface area contributed by atoms with Crippen molar-refractivity contribution in [1.82, 2.24) is 0 Å². The predicted molar refractivity (Wildman–Crippen MR) is 57.2 cm³/mol. The largest absolute Gasteiger partial charge is 0.394 e. The van der Waals surface area contributed by atoms with Gasteiger partial charge in [-0.05, 0) is 11.6 Å². The summed E-state index contributed by atoms with van der Waals surface area (Å²) in [7, 11) is 0. The highest BCUT2D eigenvalue weighted by Crippen LogP contribution is 2.13. The Morgan fingerprint density at radius 2 is 2.13 bits per heavy atom. The lowest BCUT2D eigenvalue weighted by atomic mass is 10.2. The lowest BCUT2D eigenvalue weighted by Gasteiger charge is -2.04. The molecule has 3 nitrogen and oxygen atoms in total. The molecular weight excluding hydrogens is 192 g/mol. The molecule has 2 rings (SSSR count). The van der Waals surface area contributed by atoms with Gasteiger partial charge >= 0.3 is 0 Å². The van der Waals surface area contributed by atoms with Crippen LogP contribution in [0, 0.1) is 0 Å². The van der Waals surface area contributed by atoms with Gasteiger partial charge in [0.25, 0.3) is 0 Å². The first-order valence-electron chi connectivity index (χ1n) is 4.99. The van der Waals surface area contributed by atoms with E-state index in [1.54, 1.807) is 0 Å². The molecule has 0 spiro atoms. The third-order valence-corrected chi connectivity index (χ3v) is 2.22. The normalized spacial score (nSPS) is 26.2. The monoisotopic (exact) mass is 206 g/mol. The maximum absolute atomic E-state index is 8.84. The minimum atomic E-state index is -0.331. The van der Waals surface area contributed by atoms with E-state index in [1.165, 1.54) is 0 Å². The Hall–Kier alpha value is -1.16. The molecule has 1 heterocycles. The summed E-state index contributed by atoms with van der Waals surface area (Å²) in [5.74, 6) is 0. The van der Waals surface area contributed by atoms with E-state index in [0.717, 1.165) is 5.56 Å². The van der Waals surface area contributed by atoms with Gasteiger partial charge in [0.15, 0.2) is 6.29 Å². The zero-order chi connectivity index (χ0) is 10.5. The molecule has 1 aromatic carbocycles. The zero-order valence-corrected chi connectivity index (χ0v) is 8.37. The van der Waals surface area contributed by atoms with E-state index in [9.17, 15) is 0 Å². The van der Waals surface area contributed by atoms with E-state index < -0.39 is 0 Å². The minimum Gasteiger partial charge on any atom is -0.394 e. The molecular formula is C12H14O3. The second-order valence-electron chi connectivity index (χ2n) is 3.41. The molecule has 1 aromatic rings. The lowest BCUT2D eigenvalue weighted by molar-refractivity contribution is -0.0293. The summed E-state index contributed by atoms with van der Waals surface area (Å²) < 4.78 is 10.7. The second kappa shape index (κ2) is 5.07. The first-order chi connectivity index (χ1) is 7.38. The fraction of sp³-hybridized carbons (Fsp3) is 0.333. The highest BCUT2D eigenvalue weighted by Gasteiger charge is 2.22. The molecule has 2 atom stereocenters. The van der Waals surface area contributed by atoms with Crippen molar-refractivity contribution < 1.29 is 14.6 Å². The van der Waals surface area contributed by atoms with E-state index in [0.29, 0.717) is 6.61 Å². The molecule has 0 aromatic heterocycles. The molecule has 1 aliphatic heterocycles. The first kappa shape index (κ1) is 10.4. The third-order valence-electron chi connectivity index (χ3n) is 2.22. The van der Waals surface area contributed by atoms with E-state index in [2.05, 4.69) is 0 Å². The van der Waals surface area contributed by atoms with Gasteiger partial charge in [0.1, 0.15) is 6.10 Å². The van der Waals surface area contributed by atoms with Crippen LogP contribution in [-0.4, -0.2) is 30.7 Å². The minimum absolute atomic E-state index is 0.00960. The maximum Gasteiger partial charge on any atom is 0.177 e. The van der Waals surface area contributed by atoms with Crippen molar-refractivity contribution in [2.75, 3.05) is 13.2 Å². The molecule has 0 amide bonds. The fourth-order valence-electron chi connectivity index (χ4n) is 1.42. The first-order valence-corrected chi connectivity index (χ1v) is 4.99. The number of hydrogen-bond acceptors (Lipinski definition) is 3. The van der Waals surface area contributed by atoms with Gasteiger partial charge in [-0.15, -0.1) is 0 Å². The van der Waals surface area contributed by atoms with Crippen LogP contribution in [0.4, 0.5) is 0 Å². The Bertz CT molecular complexity index is 321. The highest BCUT2D eigenvalue weighted by molar-refractivity contribution is 5.48. The Morgan fingerprint density at radius 3 is 2.80 bits per heavy atom. The SMILES string of the molecule is OCC1COC(/C=C/c2ccccc2)O1. The molecule has 1 N–H and O–H groups in total. The number of benzene rings is 1. The number of hydrogen-bond donors (Lipinski definition) is 1. The molecule has 1 fully saturated rings. The average Bonchev–Trinajstić information content (AvgIpc) is 2.76. The molecule has 80 valence electrons. The van der Waals surface area contributed by atoms with Gasteiger partial charge in [-0.1, -0.05) is 36.4 Å². The molecule has 0 bridgehead atoms. The number of aliphatic hydroxyl groups excluding tert-OH is 1.